The third-order valence-electron chi connectivity index (χ3n) is 2.70. The molecule has 0 fully saturated rings. The molecule has 1 unspecified atom stereocenters. The van der Waals surface area contributed by atoms with Crippen molar-refractivity contribution >= 4 is 0 Å². The summed E-state index contributed by atoms with van der Waals surface area (Å²) in [5, 5.41) is 9.23. The molecule has 1 atom stereocenters. The van der Waals surface area contributed by atoms with Crippen LogP contribution in [-0.4, -0.2) is 44.7 Å². The summed E-state index contributed by atoms with van der Waals surface area (Å²) in [6.45, 7) is 4.11. The van der Waals surface area contributed by atoms with Gasteiger partial charge in [-0.1, -0.05) is 12.1 Å². The lowest BCUT2D eigenvalue weighted by Crippen LogP contribution is -2.10. The molecule has 0 spiro atoms. The normalized spacial score (nSPS) is 12.4. The second-order valence-electron chi connectivity index (χ2n) is 4.49. The minimum Gasteiger partial charge on any atom is -0.491 e. The lowest BCUT2D eigenvalue weighted by atomic mass is 10.1. The fourth-order valence-electron chi connectivity index (χ4n) is 1.59. The van der Waals surface area contributed by atoms with Gasteiger partial charge in [0.25, 0.3) is 0 Å². The first-order valence-corrected chi connectivity index (χ1v) is 6.69. The van der Waals surface area contributed by atoms with Crippen LogP contribution in [0.1, 0.15) is 18.9 Å². The average Bonchev–Trinajstić information content (AvgIpc) is 2.41. The second kappa shape index (κ2) is 9.78. The summed E-state index contributed by atoms with van der Waals surface area (Å²) in [5.74, 6) is 0.844. The molecule has 0 amide bonds. The van der Waals surface area contributed by atoms with Gasteiger partial charge in [0.1, 0.15) is 12.4 Å². The highest BCUT2D eigenvalue weighted by Crippen LogP contribution is 2.13. The molecular weight excluding hydrogens is 244 g/mol. The van der Waals surface area contributed by atoms with E-state index < -0.39 is 0 Å². The number of aliphatic hydroxyl groups excluding tert-OH is 1. The summed E-state index contributed by atoms with van der Waals surface area (Å²) in [4.78, 5) is 0. The van der Waals surface area contributed by atoms with Gasteiger partial charge in [-0.15, -0.1) is 0 Å². The summed E-state index contributed by atoms with van der Waals surface area (Å²) >= 11 is 0. The van der Waals surface area contributed by atoms with Crippen LogP contribution in [0.4, 0.5) is 0 Å². The summed E-state index contributed by atoms with van der Waals surface area (Å²) in [6.07, 6.45) is 1.42. The third-order valence-corrected chi connectivity index (χ3v) is 2.70. The maximum Gasteiger partial charge on any atom is 0.119 e. The zero-order valence-electron chi connectivity index (χ0n) is 11.8. The fraction of sp³-hybridized carbons (Fsp3) is 0.600. The molecule has 0 aromatic heterocycles. The molecule has 0 heterocycles. The number of ether oxygens (including phenoxy) is 3. The SMILES string of the molecule is COCCOCCOc1ccc(CCC(C)O)cc1. The van der Waals surface area contributed by atoms with E-state index in [2.05, 4.69) is 0 Å². The number of methoxy groups -OCH3 is 1. The Morgan fingerprint density at radius 3 is 2.37 bits per heavy atom. The quantitative estimate of drug-likeness (QED) is 0.660. The van der Waals surface area contributed by atoms with Gasteiger partial charge in [-0.2, -0.15) is 0 Å². The highest BCUT2D eigenvalue weighted by atomic mass is 16.5. The van der Waals surface area contributed by atoms with Gasteiger partial charge in [0.05, 0.1) is 25.9 Å². The molecule has 1 N–H and O–H groups in total. The molecule has 1 aromatic rings. The Labute approximate surface area is 115 Å². The molecule has 0 bridgehead atoms. The molecule has 1 rings (SSSR count). The number of benzene rings is 1. The standard InChI is InChI=1S/C15H24O4/c1-13(16)3-4-14-5-7-15(8-6-14)19-12-11-18-10-9-17-2/h5-8,13,16H,3-4,9-12H2,1-2H3. The van der Waals surface area contributed by atoms with Crippen LogP contribution in [0.25, 0.3) is 0 Å². The van der Waals surface area contributed by atoms with Crippen molar-refractivity contribution in [3.05, 3.63) is 29.8 Å². The maximum absolute atomic E-state index is 9.23. The second-order valence-corrected chi connectivity index (χ2v) is 4.49. The van der Waals surface area contributed by atoms with Crippen LogP contribution in [-0.2, 0) is 15.9 Å². The van der Waals surface area contributed by atoms with Gasteiger partial charge in [0.2, 0.25) is 0 Å². The van der Waals surface area contributed by atoms with E-state index in [1.165, 1.54) is 5.56 Å². The summed E-state index contributed by atoms with van der Waals surface area (Å²) in [7, 11) is 1.65. The molecule has 0 aliphatic rings. The van der Waals surface area contributed by atoms with Crippen molar-refractivity contribution in [2.75, 3.05) is 33.5 Å². The van der Waals surface area contributed by atoms with Crippen molar-refractivity contribution in [1.29, 1.82) is 0 Å². The predicted molar refractivity (Wildman–Crippen MR) is 74.6 cm³/mol. The van der Waals surface area contributed by atoms with Crippen LogP contribution in [0, 0.1) is 0 Å². The van der Waals surface area contributed by atoms with E-state index in [0.717, 1.165) is 18.6 Å². The lowest BCUT2D eigenvalue weighted by Gasteiger charge is -2.08. The topological polar surface area (TPSA) is 47.9 Å². The molecular formula is C15H24O4. The largest absolute Gasteiger partial charge is 0.491 e. The number of hydrogen-bond donors (Lipinski definition) is 1. The van der Waals surface area contributed by atoms with Gasteiger partial charge in [-0.05, 0) is 37.5 Å². The van der Waals surface area contributed by atoms with Gasteiger partial charge >= 0.3 is 0 Å². The molecule has 108 valence electrons. The van der Waals surface area contributed by atoms with E-state index in [0.29, 0.717) is 26.4 Å². The van der Waals surface area contributed by atoms with E-state index in [9.17, 15) is 5.11 Å². The van der Waals surface area contributed by atoms with Crippen molar-refractivity contribution in [1.82, 2.24) is 0 Å². The van der Waals surface area contributed by atoms with E-state index >= 15 is 0 Å². The van der Waals surface area contributed by atoms with Crippen molar-refractivity contribution < 1.29 is 19.3 Å². The number of aryl methyl sites for hydroxylation is 1. The molecule has 0 saturated carbocycles. The van der Waals surface area contributed by atoms with Gasteiger partial charge in [-0.25, -0.2) is 0 Å². The maximum atomic E-state index is 9.23. The van der Waals surface area contributed by atoms with Crippen LogP contribution >= 0.6 is 0 Å². The molecule has 0 aliphatic heterocycles. The first-order chi connectivity index (χ1) is 9.22. The van der Waals surface area contributed by atoms with E-state index in [1.807, 2.05) is 24.3 Å². The van der Waals surface area contributed by atoms with Gasteiger partial charge < -0.3 is 19.3 Å². The van der Waals surface area contributed by atoms with Crippen LogP contribution in [0.15, 0.2) is 24.3 Å². The van der Waals surface area contributed by atoms with Crippen LogP contribution in [0.3, 0.4) is 0 Å². The zero-order chi connectivity index (χ0) is 13.9. The summed E-state index contributed by atoms with van der Waals surface area (Å²) in [6, 6.07) is 7.96. The molecule has 4 nitrogen and oxygen atoms in total. The van der Waals surface area contributed by atoms with E-state index in [1.54, 1.807) is 14.0 Å². The molecule has 0 aliphatic carbocycles. The number of hydrogen-bond acceptors (Lipinski definition) is 4. The molecule has 19 heavy (non-hydrogen) atoms. The third kappa shape index (κ3) is 7.82. The minimum atomic E-state index is -0.250. The zero-order valence-corrected chi connectivity index (χ0v) is 11.8. The van der Waals surface area contributed by atoms with Crippen LogP contribution < -0.4 is 4.74 Å². The summed E-state index contributed by atoms with van der Waals surface area (Å²) in [5.41, 5.74) is 1.21. The Balaban J connectivity index is 2.17. The van der Waals surface area contributed by atoms with Crippen LogP contribution in [0.2, 0.25) is 0 Å². The van der Waals surface area contributed by atoms with Crippen molar-refractivity contribution in [3.63, 3.8) is 0 Å². The van der Waals surface area contributed by atoms with Gasteiger partial charge in [0, 0.05) is 7.11 Å². The van der Waals surface area contributed by atoms with Crippen molar-refractivity contribution in [2.45, 2.75) is 25.9 Å². The molecule has 0 saturated heterocycles. The Morgan fingerprint density at radius 2 is 1.74 bits per heavy atom. The highest BCUT2D eigenvalue weighted by Gasteiger charge is 1.99. The van der Waals surface area contributed by atoms with Crippen molar-refractivity contribution in [3.8, 4) is 5.75 Å². The first kappa shape index (κ1) is 16.0. The van der Waals surface area contributed by atoms with Gasteiger partial charge in [0.15, 0.2) is 0 Å². The van der Waals surface area contributed by atoms with Gasteiger partial charge in [-0.3, -0.25) is 0 Å². The summed E-state index contributed by atoms with van der Waals surface area (Å²) < 4.78 is 15.7. The molecule has 4 heteroatoms. The number of rotatable bonds is 10. The predicted octanol–water partition coefficient (Wildman–Crippen LogP) is 2.04. The highest BCUT2D eigenvalue weighted by molar-refractivity contribution is 5.27. The Hall–Kier alpha value is -1.10. The molecule has 0 radical (unpaired) electrons. The Kier molecular flexibility index (Phi) is 8.21. The van der Waals surface area contributed by atoms with E-state index in [-0.39, 0.29) is 6.10 Å². The van der Waals surface area contributed by atoms with E-state index in [4.69, 9.17) is 14.2 Å². The van der Waals surface area contributed by atoms with Crippen LogP contribution in [0.5, 0.6) is 5.75 Å². The monoisotopic (exact) mass is 268 g/mol. The molecule has 1 aromatic carbocycles. The minimum absolute atomic E-state index is 0.250. The lowest BCUT2D eigenvalue weighted by molar-refractivity contribution is 0.0544. The smallest absolute Gasteiger partial charge is 0.119 e. The average molecular weight is 268 g/mol. The Bertz CT molecular complexity index is 321. The number of aliphatic hydroxyl groups is 1. The first-order valence-electron chi connectivity index (χ1n) is 6.69. The van der Waals surface area contributed by atoms with Crippen molar-refractivity contribution in [2.24, 2.45) is 0 Å². The fourth-order valence-corrected chi connectivity index (χ4v) is 1.59. The Morgan fingerprint density at radius 1 is 1.05 bits per heavy atom.